The number of likely N-dealkylation sites (N-methyl/N-ethyl adjacent to an activating group) is 1. The molecule has 4 aromatic rings. The van der Waals surface area contributed by atoms with Gasteiger partial charge in [0.1, 0.15) is 18.5 Å². The number of amides is 2. The van der Waals surface area contributed by atoms with Crippen LogP contribution in [0.15, 0.2) is 97.1 Å². The molecular formula is C39H42F3N3O5. The van der Waals surface area contributed by atoms with E-state index in [1.807, 2.05) is 56.4 Å². The van der Waals surface area contributed by atoms with Gasteiger partial charge in [0.25, 0.3) is 5.91 Å². The van der Waals surface area contributed by atoms with Crippen LogP contribution in [0.25, 0.3) is 0 Å². The second-order valence-corrected chi connectivity index (χ2v) is 12.8. The van der Waals surface area contributed by atoms with Crippen LogP contribution in [-0.4, -0.2) is 65.6 Å². The molecule has 5 rings (SSSR count). The summed E-state index contributed by atoms with van der Waals surface area (Å²) in [6.07, 6.45) is -5.06. The molecule has 2 N–H and O–H groups in total. The van der Waals surface area contributed by atoms with Gasteiger partial charge in [-0.15, -0.1) is 0 Å². The van der Waals surface area contributed by atoms with E-state index in [9.17, 15) is 27.9 Å². The van der Waals surface area contributed by atoms with E-state index in [1.54, 1.807) is 30.0 Å². The zero-order valence-electron chi connectivity index (χ0n) is 28.3. The molecule has 0 saturated carbocycles. The van der Waals surface area contributed by atoms with E-state index in [0.29, 0.717) is 31.8 Å². The molecule has 1 aliphatic rings. The van der Waals surface area contributed by atoms with Gasteiger partial charge in [-0.1, -0.05) is 67.6 Å². The third-order valence-corrected chi connectivity index (χ3v) is 8.73. The quantitative estimate of drug-likeness (QED) is 0.170. The summed E-state index contributed by atoms with van der Waals surface area (Å²) in [5, 5.41) is 12.8. The van der Waals surface area contributed by atoms with Crippen LogP contribution in [0.5, 0.6) is 11.5 Å². The van der Waals surface area contributed by atoms with Gasteiger partial charge in [0.15, 0.2) is 5.75 Å². The summed E-state index contributed by atoms with van der Waals surface area (Å²) in [6.45, 7) is 5.45. The first-order chi connectivity index (χ1) is 23.9. The predicted octanol–water partition coefficient (Wildman–Crippen LogP) is 6.82. The minimum absolute atomic E-state index is 0.156. The van der Waals surface area contributed by atoms with Crippen molar-refractivity contribution < 1.29 is 37.3 Å². The van der Waals surface area contributed by atoms with Crippen LogP contribution in [0.4, 0.5) is 18.9 Å². The van der Waals surface area contributed by atoms with E-state index in [1.165, 1.54) is 12.1 Å². The van der Waals surface area contributed by atoms with Gasteiger partial charge in [-0.05, 0) is 67.1 Å². The number of fused-ring (bicyclic) bond motifs is 1. The van der Waals surface area contributed by atoms with Crippen molar-refractivity contribution >= 4 is 17.5 Å². The maximum atomic E-state index is 13.8. The molecule has 11 heteroatoms. The smallest absolute Gasteiger partial charge is 0.416 e. The maximum absolute atomic E-state index is 13.8. The number of benzene rings is 4. The van der Waals surface area contributed by atoms with Crippen LogP contribution in [0.2, 0.25) is 0 Å². The summed E-state index contributed by atoms with van der Waals surface area (Å²) in [5.41, 5.74) is 2.26. The van der Waals surface area contributed by atoms with E-state index >= 15 is 0 Å². The van der Waals surface area contributed by atoms with Gasteiger partial charge in [-0.25, -0.2) is 0 Å². The van der Waals surface area contributed by atoms with Gasteiger partial charge < -0.3 is 24.8 Å². The van der Waals surface area contributed by atoms with Crippen molar-refractivity contribution in [1.29, 1.82) is 0 Å². The molecule has 0 aromatic heterocycles. The molecule has 0 saturated heterocycles. The highest BCUT2D eigenvalue weighted by Crippen LogP contribution is 2.35. The summed E-state index contributed by atoms with van der Waals surface area (Å²) in [7, 11) is 1.99. The van der Waals surface area contributed by atoms with Gasteiger partial charge in [-0.2, -0.15) is 13.2 Å². The van der Waals surface area contributed by atoms with Crippen molar-refractivity contribution in [3.8, 4) is 11.5 Å². The third-order valence-electron chi connectivity index (χ3n) is 8.73. The number of halogens is 3. The van der Waals surface area contributed by atoms with Gasteiger partial charge in [-0.3, -0.25) is 14.5 Å². The maximum Gasteiger partial charge on any atom is 0.416 e. The predicted molar refractivity (Wildman–Crippen MR) is 185 cm³/mol. The molecule has 264 valence electrons. The Labute approximate surface area is 290 Å². The summed E-state index contributed by atoms with van der Waals surface area (Å²) >= 11 is 0. The first kappa shape index (κ1) is 36.4. The lowest BCUT2D eigenvalue weighted by Gasteiger charge is -2.38. The number of nitrogens with zero attached hydrogens (tertiary/aromatic N) is 2. The van der Waals surface area contributed by atoms with Crippen molar-refractivity contribution in [1.82, 2.24) is 9.80 Å². The highest BCUT2D eigenvalue weighted by atomic mass is 19.4. The Kier molecular flexibility index (Phi) is 11.8. The average molecular weight is 690 g/mol. The molecule has 0 radical (unpaired) electrons. The minimum Gasteiger partial charge on any atom is -0.489 e. The highest BCUT2D eigenvalue weighted by molar-refractivity contribution is 6.02. The van der Waals surface area contributed by atoms with Crippen LogP contribution in [0.1, 0.15) is 46.5 Å². The molecule has 8 nitrogen and oxygen atoms in total. The van der Waals surface area contributed by atoms with Gasteiger partial charge in [0, 0.05) is 25.6 Å². The van der Waals surface area contributed by atoms with Crippen LogP contribution in [-0.2, 0) is 30.5 Å². The molecule has 3 atom stereocenters. The van der Waals surface area contributed by atoms with E-state index in [0.717, 1.165) is 29.0 Å². The molecule has 0 unspecified atom stereocenters. The fourth-order valence-corrected chi connectivity index (χ4v) is 5.86. The van der Waals surface area contributed by atoms with Crippen molar-refractivity contribution in [3.05, 3.63) is 125 Å². The molecule has 1 aliphatic heterocycles. The number of anilines is 1. The number of rotatable bonds is 12. The number of nitrogens with one attached hydrogen (secondary N) is 1. The second-order valence-electron chi connectivity index (χ2n) is 12.8. The summed E-state index contributed by atoms with van der Waals surface area (Å²) in [4.78, 5) is 30.7. The van der Waals surface area contributed by atoms with Crippen molar-refractivity contribution in [2.45, 2.75) is 51.7 Å². The topological polar surface area (TPSA) is 91.3 Å². The largest absolute Gasteiger partial charge is 0.489 e. The van der Waals surface area contributed by atoms with Crippen molar-refractivity contribution in [3.63, 3.8) is 0 Å². The van der Waals surface area contributed by atoms with Crippen molar-refractivity contribution in [2.75, 3.05) is 32.1 Å². The minimum atomic E-state index is -4.48. The number of aliphatic hydroxyl groups excluding tert-OH is 1. The second kappa shape index (κ2) is 16.2. The molecule has 2 amide bonds. The van der Waals surface area contributed by atoms with Gasteiger partial charge in [0.05, 0.1) is 35.9 Å². The first-order valence-electron chi connectivity index (χ1n) is 16.5. The van der Waals surface area contributed by atoms with Crippen LogP contribution >= 0.6 is 0 Å². The summed E-state index contributed by atoms with van der Waals surface area (Å²) in [6, 6.07) is 26.7. The Morgan fingerprint density at radius 2 is 1.64 bits per heavy atom. The molecule has 0 fully saturated rings. The fraction of sp³-hybridized carbons (Fsp3) is 0.333. The number of alkyl halides is 3. The van der Waals surface area contributed by atoms with E-state index < -0.39 is 29.8 Å². The lowest BCUT2D eigenvalue weighted by atomic mass is 9.98. The number of carbonyl (C=O) groups excluding carboxylic acids is 2. The van der Waals surface area contributed by atoms with Crippen LogP contribution in [0.3, 0.4) is 0 Å². The number of hydrogen-bond acceptors (Lipinski definition) is 6. The number of hydrogen-bond donors (Lipinski definition) is 2. The number of carbonyl (C=O) groups is 2. The highest BCUT2D eigenvalue weighted by Gasteiger charge is 2.35. The van der Waals surface area contributed by atoms with E-state index in [-0.39, 0.29) is 41.9 Å². The molecular weight excluding hydrogens is 647 g/mol. The van der Waals surface area contributed by atoms with Crippen molar-refractivity contribution in [2.24, 2.45) is 5.92 Å². The zero-order chi connectivity index (χ0) is 35.8. The Morgan fingerprint density at radius 3 is 2.30 bits per heavy atom. The molecule has 0 aliphatic carbocycles. The molecule has 0 spiro atoms. The molecule has 4 aromatic carbocycles. The van der Waals surface area contributed by atoms with Crippen LogP contribution in [0, 0.1) is 5.92 Å². The summed E-state index contributed by atoms with van der Waals surface area (Å²) < 4.78 is 51.5. The monoisotopic (exact) mass is 689 g/mol. The molecule has 1 heterocycles. The van der Waals surface area contributed by atoms with E-state index in [4.69, 9.17) is 9.47 Å². The average Bonchev–Trinajstić information content (AvgIpc) is 3.09. The normalized spacial score (nSPS) is 17.0. The Morgan fingerprint density at radius 1 is 0.980 bits per heavy atom. The third kappa shape index (κ3) is 9.42. The number of para-hydroxylation sites is 2. The lowest BCUT2D eigenvalue weighted by Crippen LogP contribution is -2.49. The first-order valence-corrected chi connectivity index (χ1v) is 16.5. The molecule has 0 bridgehead atoms. The summed E-state index contributed by atoms with van der Waals surface area (Å²) in [5.74, 6) is 0.0476. The molecule has 50 heavy (non-hydrogen) atoms. The SMILES string of the molecule is C[C@@H]1CN([C@@H](C)CO)C(=O)c2cccc(NC(=O)Cc3ccc(C(F)(F)F)cc3)c2O[C@@H]1CN(C)Cc1ccc(COc2ccccc2)cc1. The zero-order valence-corrected chi connectivity index (χ0v) is 28.3. The Hall–Kier alpha value is -4.87. The van der Waals surface area contributed by atoms with E-state index in [2.05, 4.69) is 22.3 Å². The Balaban J connectivity index is 1.31. The van der Waals surface area contributed by atoms with Crippen LogP contribution < -0.4 is 14.8 Å². The lowest BCUT2D eigenvalue weighted by molar-refractivity contribution is -0.137. The van der Waals surface area contributed by atoms with Gasteiger partial charge >= 0.3 is 6.18 Å². The fourth-order valence-electron chi connectivity index (χ4n) is 5.86. The Bertz CT molecular complexity index is 1730. The number of aliphatic hydroxyl groups is 1. The number of ether oxygens (including phenoxy) is 2. The standard InChI is InChI=1S/C39H42F3N3O5/c1-26-21-45(27(2)24-46)38(48)33-10-7-11-34(43-36(47)20-28-16-18-31(19-17-28)39(40,41)42)37(33)50-35(26)23-44(3)22-29-12-14-30(15-13-29)25-49-32-8-5-4-6-9-32/h4-19,26-27,35,46H,20-25H2,1-3H3,(H,43,47)/t26-,27+,35-/m1/s1. The van der Waals surface area contributed by atoms with Gasteiger partial charge in [0.2, 0.25) is 5.91 Å².